The molecule has 0 spiro atoms. The summed E-state index contributed by atoms with van der Waals surface area (Å²) in [4.78, 5) is 11.8. The van der Waals surface area contributed by atoms with Gasteiger partial charge in [-0.1, -0.05) is 17.7 Å². The number of carbonyl (C=O) groups is 1. The minimum absolute atomic E-state index is 0.0691. The van der Waals surface area contributed by atoms with Crippen molar-refractivity contribution in [1.29, 1.82) is 0 Å². The highest BCUT2D eigenvalue weighted by molar-refractivity contribution is 5.81. The number of rotatable bonds is 3. The highest BCUT2D eigenvalue weighted by Crippen LogP contribution is 2.18. The Labute approximate surface area is 107 Å². The maximum absolute atomic E-state index is 11.8. The number of hydrogen-bond donors (Lipinski definition) is 3. The van der Waals surface area contributed by atoms with Crippen molar-refractivity contribution in [2.45, 2.75) is 38.8 Å². The molecular weight excluding hydrogens is 228 g/mol. The van der Waals surface area contributed by atoms with Gasteiger partial charge >= 0.3 is 0 Å². The summed E-state index contributed by atoms with van der Waals surface area (Å²) in [6, 6.07) is 5.36. The van der Waals surface area contributed by atoms with Crippen LogP contribution in [0.5, 0.6) is 5.75 Å². The number of phenolic OH excluding ortho intramolecular Hbond substituents is 1. The van der Waals surface area contributed by atoms with Crippen LogP contribution in [0.2, 0.25) is 0 Å². The quantitative estimate of drug-likeness (QED) is 0.759. The molecule has 4 nitrogen and oxygen atoms in total. The van der Waals surface area contributed by atoms with Crippen LogP contribution in [-0.4, -0.2) is 23.6 Å². The van der Waals surface area contributed by atoms with Gasteiger partial charge < -0.3 is 15.7 Å². The van der Waals surface area contributed by atoms with Crippen molar-refractivity contribution in [3.05, 3.63) is 29.3 Å². The van der Waals surface area contributed by atoms with E-state index in [9.17, 15) is 9.90 Å². The van der Waals surface area contributed by atoms with Crippen LogP contribution in [0.1, 0.15) is 30.4 Å². The van der Waals surface area contributed by atoms with Gasteiger partial charge in [-0.2, -0.15) is 0 Å². The predicted octanol–water partition coefficient (Wildman–Crippen LogP) is 1.46. The van der Waals surface area contributed by atoms with E-state index in [0.717, 1.165) is 36.9 Å². The molecule has 1 amide bonds. The smallest absolute Gasteiger partial charge is 0.237 e. The van der Waals surface area contributed by atoms with Crippen molar-refractivity contribution in [1.82, 2.24) is 10.6 Å². The first-order valence-corrected chi connectivity index (χ1v) is 6.46. The SMILES string of the molecule is Cc1ccc(O)c(CNC2CCCCNC2=O)c1. The fourth-order valence-corrected chi connectivity index (χ4v) is 2.22. The zero-order chi connectivity index (χ0) is 13.0. The number of hydrogen-bond acceptors (Lipinski definition) is 3. The molecule has 0 aliphatic carbocycles. The van der Waals surface area contributed by atoms with Crippen LogP contribution >= 0.6 is 0 Å². The minimum atomic E-state index is -0.146. The zero-order valence-corrected chi connectivity index (χ0v) is 10.7. The lowest BCUT2D eigenvalue weighted by atomic mass is 10.1. The number of aromatic hydroxyl groups is 1. The maximum Gasteiger partial charge on any atom is 0.237 e. The van der Waals surface area contributed by atoms with Gasteiger partial charge in [-0.25, -0.2) is 0 Å². The lowest BCUT2D eigenvalue weighted by molar-refractivity contribution is -0.122. The molecule has 1 fully saturated rings. The van der Waals surface area contributed by atoms with Gasteiger partial charge in [0.1, 0.15) is 5.75 Å². The molecule has 1 aromatic carbocycles. The fraction of sp³-hybridized carbons (Fsp3) is 0.500. The van der Waals surface area contributed by atoms with Crippen LogP contribution in [-0.2, 0) is 11.3 Å². The van der Waals surface area contributed by atoms with Crippen LogP contribution in [0.4, 0.5) is 0 Å². The number of carbonyl (C=O) groups excluding carboxylic acids is 1. The van der Waals surface area contributed by atoms with Crippen LogP contribution in [0, 0.1) is 6.92 Å². The number of phenols is 1. The molecule has 1 heterocycles. The highest BCUT2D eigenvalue weighted by Gasteiger charge is 2.19. The molecule has 1 aromatic rings. The number of benzene rings is 1. The van der Waals surface area contributed by atoms with Gasteiger partial charge in [-0.3, -0.25) is 4.79 Å². The molecule has 0 saturated carbocycles. The van der Waals surface area contributed by atoms with E-state index in [1.807, 2.05) is 19.1 Å². The summed E-state index contributed by atoms with van der Waals surface area (Å²) in [6.45, 7) is 3.28. The number of amides is 1. The number of nitrogens with one attached hydrogen (secondary N) is 2. The molecule has 0 radical (unpaired) electrons. The molecule has 1 atom stereocenters. The third-order valence-electron chi connectivity index (χ3n) is 3.31. The summed E-state index contributed by atoms with van der Waals surface area (Å²) >= 11 is 0. The first kappa shape index (κ1) is 12.9. The van der Waals surface area contributed by atoms with Crippen LogP contribution in [0.15, 0.2) is 18.2 Å². The van der Waals surface area contributed by atoms with Crippen LogP contribution in [0.3, 0.4) is 0 Å². The van der Waals surface area contributed by atoms with E-state index in [0.29, 0.717) is 6.54 Å². The summed E-state index contributed by atoms with van der Waals surface area (Å²) in [5.74, 6) is 0.349. The van der Waals surface area contributed by atoms with E-state index in [1.54, 1.807) is 6.07 Å². The van der Waals surface area contributed by atoms with Gasteiger partial charge in [0.25, 0.3) is 0 Å². The molecule has 0 aromatic heterocycles. The molecule has 4 heteroatoms. The molecule has 1 unspecified atom stereocenters. The van der Waals surface area contributed by atoms with Crippen molar-refractivity contribution in [2.75, 3.05) is 6.54 Å². The molecular formula is C14H20N2O2. The van der Waals surface area contributed by atoms with E-state index in [1.165, 1.54) is 0 Å². The second-order valence-corrected chi connectivity index (χ2v) is 4.85. The van der Waals surface area contributed by atoms with Gasteiger partial charge in [0.2, 0.25) is 5.91 Å². The van der Waals surface area contributed by atoms with Crippen LogP contribution in [0.25, 0.3) is 0 Å². The topological polar surface area (TPSA) is 61.4 Å². The molecule has 2 rings (SSSR count). The van der Waals surface area contributed by atoms with E-state index >= 15 is 0 Å². The standard InChI is InChI=1S/C14H20N2O2/c1-10-5-6-13(17)11(8-10)9-16-12-4-2-3-7-15-14(12)18/h5-6,8,12,16-17H,2-4,7,9H2,1H3,(H,15,18). The Morgan fingerprint density at radius 3 is 3.11 bits per heavy atom. The van der Waals surface area contributed by atoms with E-state index in [-0.39, 0.29) is 17.7 Å². The Kier molecular flexibility index (Phi) is 4.20. The Morgan fingerprint density at radius 1 is 1.44 bits per heavy atom. The second-order valence-electron chi connectivity index (χ2n) is 4.85. The van der Waals surface area contributed by atoms with Gasteiger partial charge in [0, 0.05) is 18.7 Å². The monoisotopic (exact) mass is 248 g/mol. The molecule has 1 saturated heterocycles. The van der Waals surface area contributed by atoms with E-state index in [2.05, 4.69) is 10.6 Å². The second kappa shape index (κ2) is 5.87. The Balaban J connectivity index is 1.97. The van der Waals surface area contributed by atoms with Crippen LogP contribution < -0.4 is 10.6 Å². The van der Waals surface area contributed by atoms with E-state index in [4.69, 9.17) is 0 Å². The molecule has 98 valence electrons. The molecule has 1 aliphatic heterocycles. The average Bonchev–Trinajstić information content (AvgIpc) is 2.55. The van der Waals surface area contributed by atoms with Gasteiger partial charge in [-0.05, 0) is 32.3 Å². The first-order chi connectivity index (χ1) is 8.66. The van der Waals surface area contributed by atoms with Gasteiger partial charge in [-0.15, -0.1) is 0 Å². The van der Waals surface area contributed by atoms with Crippen molar-refractivity contribution in [3.63, 3.8) is 0 Å². The van der Waals surface area contributed by atoms with E-state index < -0.39 is 0 Å². The summed E-state index contributed by atoms with van der Waals surface area (Å²) < 4.78 is 0. The van der Waals surface area contributed by atoms with Crippen molar-refractivity contribution < 1.29 is 9.90 Å². The summed E-state index contributed by atoms with van der Waals surface area (Å²) in [5, 5.41) is 15.9. The normalized spacial score (nSPS) is 20.3. The molecule has 18 heavy (non-hydrogen) atoms. The molecule has 0 bridgehead atoms. The fourth-order valence-electron chi connectivity index (χ4n) is 2.22. The zero-order valence-electron chi connectivity index (χ0n) is 10.7. The Bertz CT molecular complexity index is 432. The highest BCUT2D eigenvalue weighted by atomic mass is 16.3. The Hall–Kier alpha value is -1.55. The predicted molar refractivity (Wildman–Crippen MR) is 70.3 cm³/mol. The summed E-state index contributed by atoms with van der Waals surface area (Å²) in [6.07, 6.45) is 2.95. The lowest BCUT2D eigenvalue weighted by Gasteiger charge is -2.16. The van der Waals surface area contributed by atoms with Crippen molar-refractivity contribution in [2.24, 2.45) is 0 Å². The van der Waals surface area contributed by atoms with Crippen molar-refractivity contribution >= 4 is 5.91 Å². The first-order valence-electron chi connectivity index (χ1n) is 6.46. The Morgan fingerprint density at radius 2 is 2.28 bits per heavy atom. The van der Waals surface area contributed by atoms with Gasteiger partial charge in [0.05, 0.1) is 6.04 Å². The van der Waals surface area contributed by atoms with Crippen molar-refractivity contribution in [3.8, 4) is 5.75 Å². The minimum Gasteiger partial charge on any atom is -0.508 e. The largest absolute Gasteiger partial charge is 0.508 e. The molecule has 3 N–H and O–H groups in total. The number of aryl methyl sites for hydroxylation is 1. The lowest BCUT2D eigenvalue weighted by Crippen LogP contribution is -2.42. The van der Waals surface area contributed by atoms with Gasteiger partial charge in [0.15, 0.2) is 0 Å². The third kappa shape index (κ3) is 3.23. The molecule has 1 aliphatic rings. The average molecular weight is 248 g/mol. The summed E-state index contributed by atoms with van der Waals surface area (Å²) in [5.41, 5.74) is 1.95. The third-order valence-corrected chi connectivity index (χ3v) is 3.31. The maximum atomic E-state index is 11.8. The summed E-state index contributed by atoms with van der Waals surface area (Å²) in [7, 11) is 0.